The number of rotatable bonds is 4. The number of aryl methyl sites for hydroxylation is 2. The number of hydrogen-bond donors (Lipinski definition) is 2. The van der Waals surface area contributed by atoms with Gasteiger partial charge >= 0.3 is 0 Å². The fraction of sp³-hybridized carbons (Fsp3) is 0.200. The summed E-state index contributed by atoms with van der Waals surface area (Å²) in [5, 5.41) is 5.30. The van der Waals surface area contributed by atoms with Crippen LogP contribution in [0.4, 0.5) is 5.69 Å². The molecule has 6 heteroatoms. The smallest absolute Gasteiger partial charge is 0.287 e. The van der Waals surface area contributed by atoms with E-state index in [1.165, 1.54) is 6.07 Å². The number of furan rings is 1. The average Bonchev–Trinajstić information content (AvgIpc) is 2.87. The molecule has 110 valence electrons. The van der Waals surface area contributed by atoms with Gasteiger partial charge in [0.2, 0.25) is 5.91 Å². The lowest BCUT2D eigenvalue weighted by Gasteiger charge is -2.11. The van der Waals surface area contributed by atoms with Crippen LogP contribution in [-0.4, -0.2) is 18.4 Å². The maximum absolute atomic E-state index is 11.9. The molecule has 0 aliphatic carbocycles. The molecule has 0 radical (unpaired) electrons. The lowest BCUT2D eigenvalue weighted by Crippen LogP contribution is -2.32. The predicted molar refractivity (Wildman–Crippen MR) is 83.3 cm³/mol. The molecule has 1 heterocycles. The molecule has 1 aromatic heterocycles. The van der Waals surface area contributed by atoms with E-state index in [9.17, 15) is 9.59 Å². The standard InChI is InChI=1S/C15H15BrN2O3/c1-9-4-3-5-10(2)14(9)18-13(19)8-17-15(20)11-6-7-12(16)21-11/h3-7H,8H2,1-2H3,(H,17,20)(H,18,19). The van der Waals surface area contributed by atoms with Crippen molar-refractivity contribution in [1.82, 2.24) is 5.32 Å². The Balaban J connectivity index is 1.92. The zero-order valence-corrected chi connectivity index (χ0v) is 13.3. The van der Waals surface area contributed by atoms with Gasteiger partial charge in [-0.25, -0.2) is 0 Å². The van der Waals surface area contributed by atoms with Crippen LogP contribution in [0.5, 0.6) is 0 Å². The molecule has 2 aromatic rings. The normalized spacial score (nSPS) is 10.2. The molecule has 0 spiro atoms. The first kappa shape index (κ1) is 15.3. The molecule has 1 aromatic carbocycles. The highest BCUT2D eigenvalue weighted by atomic mass is 79.9. The van der Waals surface area contributed by atoms with E-state index in [4.69, 9.17) is 4.42 Å². The van der Waals surface area contributed by atoms with Gasteiger partial charge in [0.05, 0.1) is 6.54 Å². The minimum absolute atomic E-state index is 0.120. The number of carbonyl (C=O) groups excluding carboxylic acids is 2. The van der Waals surface area contributed by atoms with Gasteiger partial charge in [0.25, 0.3) is 5.91 Å². The van der Waals surface area contributed by atoms with Gasteiger partial charge in [-0.2, -0.15) is 0 Å². The molecule has 0 saturated carbocycles. The van der Waals surface area contributed by atoms with Crippen LogP contribution in [0.2, 0.25) is 0 Å². The highest BCUT2D eigenvalue weighted by molar-refractivity contribution is 9.10. The molecule has 21 heavy (non-hydrogen) atoms. The Bertz CT molecular complexity index is 659. The van der Waals surface area contributed by atoms with Crippen molar-refractivity contribution < 1.29 is 14.0 Å². The number of para-hydroxylation sites is 1. The maximum atomic E-state index is 11.9. The summed E-state index contributed by atoms with van der Waals surface area (Å²) in [6.07, 6.45) is 0. The second kappa shape index (κ2) is 6.58. The van der Waals surface area contributed by atoms with Crippen molar-refractivity contribution in [3.63, 3.8) is 0 Å². The van der Waals surface area contributed by atoms with E-state index < -0.39 is 5.91 Å². The molecule has 0 atom stereocenters. The molecule has 2 rings (SSSR count). The van der Waals surface area contributed by atoms with E-state index in [1.54, 1.807) is 6.07 Å². The quantitative estimate of drug-likeness (QED) is 0.890. The van der Waals surface area contributed by atoms with Crippen molar-refractivity contribution in [2.75, 3.05) is 11.9 Å². The van der Waals surface area contributed by atoms with Gasteiger partial charge in [-0.3, -0.25) is 9.59 Å². The van der Waals surface area contributed by atoms with Gasteiger partial charge in [-0.15, -0.1) is 0 Å². The van der Waals surface area contributed by atoms with Crippen molar-refractivity contribution in [3.05, 3.63) is 51.9 Å². The molecule has 0 aliphatic heterocycles. The zero-order valence-electron chi connectivity index (χ0n) is 11.7. The largest absolute Gasteiger partial charge is 0.444 e. The van der Waals surface area contributed by atoms with Crippen molar-refractivity contribution >= 4 is 33.4 Å². The van der Waals surface area contributed by atoms with Crippen LogP contribution in [0.25, 0.3) is 0 Å². The number of nitrogens with one attached hydrogen (secondary N) is 2. The minimum atomic E-state index is -0.433. The molecule has 0 fully saturated rings. The van der Waals surface area contributed by atoms with Crippen molar-refractivity contribution in [2.45, 2.75) is 13.8 Å². The first-order chi connectivity index (χ1) is 9.97. The van der Waals surface area contributed by atoms with Crippen LogP contribution >= 0.6 is 15.9 Å². The van der Waals surface area contributed by atoms with Crippen molar-refractivity contribution in [1.29, 1.82) is 0 Å². The Hall–Kier alpha value is -2.08. The third-order valence-corrected chi connectivity index (χ3v) is 3.38. The fourth-order valence-corrected chi connectivity index (χ4v) is 2.19. The zero-order chi connectivity index (χ0) is 15.4. The first-order valence-electron chi connectivity index (χ1n) is 6.37. The second-order valence-electron chi connectivity index (χ2n) is 4.60. The predicted octanol–water partition coefficient (Wildman–Crippen LogP) is 3.03. The number of benzene rings is 1. The van der Waals surface area contributed by atoms with E-state index in [0.717, 1.165) is 16.8 Å². The summed E-state index contributed by atoms with van der Waals surface area (Å²) in [6.45, 7) is 3.72. The molecule has 0 bridgehead atoms. The lowest BCUT2D eigenvalue weighted by molar-refractivity contribution is -0.115. The highest BCUT2D eigenvalue weighted by Crippen LogP contribution is 2.19. The summed E-state index contributed by atoms with van der Waals surface area (Å²) in [4.78, 5) is 23.6. The van der Waals surface area contributed by atoms with E-state index in [1.807, 2.05) is 32.0 Å². The van der Waals surface area contributed by atoms with E-state index in [0.29, 0.717) is 4.67 Å². The van der Waals surface area contributed by atoms with Crippen LogP contribution < -0.4 is 10.6 Å². The van der Waals surface area contributed by atoms with Gasteiger partial charge in [-0.05, 0) is 53.0 Å². The monoisotopic (exact) mass is 350 g/mol. The van der Waals surface area contributed by atoms with Crippen molar-refractivity contribution in [2.24, 2.45) is 0 Å². The topological polar surface area (TPSA) is 71.3 Å². The number of carbonyl (C=O) groups is 2. The Morgan fingerprint density at radius 2 is 1.81 bits per heavy atom. The van der Waals surface area contributed by atoms with Crippen molar-refractivity contribution in [3.8, 4) is 0 Å². The van der Waals surface area contributed by atoms with Crippen LogP contribution in [0.1, 0.15) is 21.7 Å². The third kappa shape index (κ3) is 3.95. The van der Waals surface area contributed by atoms with Gasteiger partial charge in [0.15, 0.2) is 10.4 Å². The Morgan fingerprint density at radius 3 is 2.38 bits per heavy atom. The molecule has 2 amide bonds. The summed E-state index contributed by atoms with van der Waals surface area (Å²) in [6, 6.07) is 8.91. The molecule has 0 aliphatic rings. The Labute approximate surface area is 130 Å². The Morgan fingerprint density at radius 1 is 1.14 bits per heavy atom. The van der Waals surface area contributed by atoms with E-state index in [2.05, 4.69) is 26.6 Å². The summed E-state index contributed by atoms with van der Waals surface area (Å²) in [7, 11) is 0. The Kier molecular flexibility index (Phi) is 4.80. The summed E-state index contributed by atoms with van der Waals surface area (Å²) >= 11 is 3.11. The highest BCUT2D eigenvalue weighted by Gasteiger charge is 2.12. The maximum Gasteiger partial charge on any atom is 0.287 e. The number of amides is 2. The van der Waals surface area contributed by atoms with Gasteiger partial charge < -0.3 is 15.1 Å². The summed E-state index contributed by atoms with van der Waals surface area (Å²) < 4.78 is 5.57. The molecular formula is C15H15BrN2O3. The number of halogens is 1. The fourth-order valence-electron chi connectivity index (χ4n) is 1.88. The second-order valence-corrected chi connectivity index (χ2v) is 5.38. The van der Waals surface area contributed by atoms with Gasteiger partial charge in [-0.1, -0.05) is 18.2 Å². The van der Waals surface area contributed by atoms with Crippen LogP contribution in [0.15, 0.2) is 39.4 Å². The van der Waals surface area contributed by atoms with Gasteiger partial charge in [0, 0.05) is 5.69 Å². The van der Waals surface area contributed by atoms with Gasteiger partial charge in [0.1, 0.15) is 0 Å². The third-order valence-electron chi connectivity index (χ3n) is 2.95. The minimum Gasteiger partial charge on any atom is -0.444 e. The van der Waals surface area contributed by atoms with E-state index in [-0.39, 0.29) is 18.2 Å². The first-order valence-corrected chi connectivity index (χ1v) is 7.16. The van der Waals surface area contributed by atoms with Crippen LogP contribution in [-0.2, 0) is 4.79 Å². The SMILES string of the molecule is Cc1cccc(C)c1NC(=O)CNC(=O)c1ccc(Br)o1. The number of hydrogen-bond acceptors (Lipinski definition) is 3. The average molecular weight is 351 g/mol. The van der Waals surface area contributed by atoms with E-state index >= 15 is 0 Å². The molecule has 0 saturated heterocycles. The van der Waals surface area contributed by atoms with Crippen LogP contribution in [0, 0.1) is 13.8 Å². The molecule has 0 unspecified atom stereocenters. The lowest BCUT2D eigenvalue weighted by atomic mass is 10.1. The number of anilines is 1. The summed E-state index contributed by atoms with van der Waals surface area (Å²) in [5.41, 5.74) is 2.73. The molecular weight excluding hydrogens is 336 g/mol. The van der Waals surface area contributed by atoms with Crippen LogP contribution in [0.3, 0.4) is 0 Å². The molecule has 2 N–H and O–H groups in total. The molecule has 5 nitrogen and oxygen atoms in total. The summed E-state index contributed by atoms with van der Waals surface area (Å²) in [5.74, 6) is -0.564.